The Morgan fingerprint density at radius 3 is 2.32 bits per heavy atom. The number of carbonyl (C=O) groups is 1. The number of furan rings is 1. The molecule has 152 valence electrons. The maximum Gasteiger partial charge on any atom is 0.306 e. The van der Waals surface area contributed by atoms with Crippen LogP contribution in [0.25, 0.3) is 0 Å². The molecule has 1 unspecified atom stereocenters. The van der Waals surface area contributed by atoms with Gasteiger partial charge in [-0.15, -0.1) is 0 Å². The highest BCUT2D eigenvalue weighted by atomic mass is 32.2. The average Bonchev–Trinajstić information content (AvgIpc) is 3.13. The normalized spacial score (nSPS) is 17.0. The summed E-state index contributed by atoms with van der Waals surface area (Å²) in [6.45, 7) is 3.83. The molecular weight excluding hydrogens is 380 g/mol. The van der Waals surface area contributed by atoms with Gasteiger partial charge in [-0.2, -0.15) is 0 Å². The predicted molar refractivity (Wildman–Crippen MR) is 104 cm³/mol. The zero-order valence-corrected chi connectivity index (χ0v) is 17.2. The van der Waals surface area contributed by atoms with Gasteiger partial charge < -0.3 is 13.9 Å². The summed E-state index contributed by atoms with van der Waals surface area (Å²) in [4.78, 5) is 12.6. The first-order valence-corrected chi connectivity index (χ1v) is 10.9. The van der Waals surface area contributed by atoms with Gasteiger partial charge in [0.05, 0.1) is 18.3 Å². The molecule has 0 aliphatic heterocycles. The van der Waals surface area contributed by atoms with Crippen LogP contribution < -0.4 is 4.74 Å². The minimum Gasteiger partial charge on any atom is -0.497 e. The van der Waals surface area contributed by atoms with Crippen molar-refractivity contribution in [1.29, 1.82) is 0 Å². The van der Waals surface area contributed by atoms with Crippen molar-refractivity contribution < 1.29 is 27.1 Å². The number of hydrogen-bond acceptors (Lipinski definition) is 6. The Kier molecular flexibility index (Phi) is 5.84. The lowest BCUT2D eigenvalue weighted by Crippen LogP contribution is -2.51. The van der Waals surface area contributed by atoms with E-state index < -0.39 is 26.7 Å². The molecule has 1 aromatic heterocycles. The van der Waals surface area contributed by atoms with Crippen molar-refractivity contribution in [1.82, 2.24) is 0 Å². The number of esters is 1. The summed E-state index contributed by atoms with van der Waals surface area (Å²) in [5.41, 5.74) is 0. The standard InChI is InChI=1S/C21H26O6S/c1-15(2)14-19(22)27-20(18-6-4-13-26-18)21(11-5-12-21)28(23,24)17-9-7-16(25-3)8-10-17/h4,6-10,13,15,20H,5,11-12,14H2,1-3H3. The molecule has 0 spiro atoms. The zero-order valence-electron chi connectivity index (χ0n) is 16.4. The zero-order chi connectivity index (χ0) is 20.4. The summed E-state index contributed by atoms with van der Waals surface area (Å²) in [6.07, 6.45) is 2.26. The van der Waals surface area contributed by atoms with Gasteiger partial charge in [-0.05, 0) is 61.6 Å². The monoisotopic (exact) mass is 406 g/mol. The first kappa shape index (κ1) is 20.5. The molecule has 0 saturated heterocycles. The van der Waals surface area contributed by atoms with Crippen molar-refractivity contribution in [3.63, 3.8) is 0 Å². The third kappa shape index (κ3) is 3.68. The molecule has 0 amide bonds. The van der Waals surface area contributed by atoms with Gasteiger partial charge in [-0.3, -0.25) is 4.79 Å². The van der Waals surface area contributed by atoms with E-state index in [-0.39, 0.29) is 17.2 Å². The van der Waals surface area contributed by atoms with Gasteiger partial charge in [0.2, 0.25) is 0 Å². The number of hydrogen-bond donors (Lipinski definition) is 0. The van der Waals surface area contributed by atoms with Crippen LogP contribution in [0.3, 0.4) is 0 Å². The fraction of sp³-hybridized carbons (Fsp3) is 0.476. The molecule has 6 nitrogen and oxygen atoms in total. The second-order valence-corrected chi connectivity index (χ2v) is 9.87. The summed E-state index contributed by atoms with van der Waals surface area (Å²) in [6, 6.07) is 9.63. The summed E-state index contributed by atoms with van der Waals surface area (Å²) in [5.74, 6) is 0.620. The SMILES string of the molecule is COc1ccc(S(=O)(=O)C2(C(OC(=O)CC(C)C)c3ccco3)CCC2)cc1. The fourth-order valence-electron chi connectivity index (χ4n) is 3.56. The Morgan fingerprint density at radius 1 is 1.18 bits per heavy atom. The summed E-state index contributed by atoms with van der Waals surface area (Å²) in [7, 11) is -2.26. The third-order valence-electron chi connectivity index (χ3n) is 5.21. The highest BCUT2D eigenvalue weighted by Gasteiger charge is 2.58. The van der Waals surface area contributed by atoms with Crippen molar-refractivity contribution in [2.24, 2.45) is 5.92 Å². The Bertz CT molecular complexity index is 893. The van der Waals surface area contributed by atoms with Crippen molar-refractivity contribution in [3.8, 4) is 5.75 Å². The minimum atomic E-state index is -3.78. The second kappa shape index (κ2) is 7.99. The van der Waals surface area contributed by atoms with E-state index in [1.165, 1.54) is 25.5 Å². The molecule has 0 bridgehead atoms. The molecule has 2 aromatic rings. The summed E-state index contributed by atoms with van der Waals surface area (Å²) < 4.78 is 42.3. The van der Waals surface area contributed by atoms with Crippen LogP contribution >= 0.6 is 0 Å². The van der Waals surface area contributed by atoms with Gasteiger partial charge in [0, 0.05) is 6.42 Å². The van der Waals surface area contributed by atoms with Crippen molar-refractivity contribution in [2.75, 3.05) is 7.11 Å². The van der Waals surface area contributed by atoms with E-state index in [4.69, 9.17) is 13.9 Å². The van der Waals surface area contributed by atoms with Crippen LogP contribution in [-0.4, -0.2) is 26.2 Å². The van der Waals surface area contributed by atoms with Gasteiger partial charge in [0.15, 0.2) is 15.9 Å². The van der Waals surface area contributed by atoms with Crippen LogP contribution in [0.15, 0.2) is 52.0 Å². The molecule has 1 aliphatic carbocycles. The first-order valence-electron chi connectivity index (χ1n) is 9.42. The van der Waals surface area contributed by atoms with Crippen LogP contribution in [0.1, 0.15) is 51.4 Å². The molecule has 1 heterocycles. The van der Waals surface area contributed by atoms with Crippen LogP contribution in [0.5, 0.6) is 5.75 Å². The Labute approximate surface area is 165 Å². The largest absolute Gasteiger partial charge is 0.497 e. The van der Waals surface area contributed by atoms with Crippen LogP contribution in [0.2, 0.25) is 0 Å². The van der Waals surface area contributed by atoms with Crippen LogP contribution in [0.4, 0.5) is 0 Å². The van der Waals surface area contributed by atoms with Gasteiger partial charge >= 0.3 is 5.97 Å². The molecule has 7 heteroatoms. The smallest absolute Gasteiger partial charge is 0.306 e. The van der Waals surface area contributed by atoms with Gasteiger partial charge in [0.1, 0.15) is 16.3 Å². The Hall–Kier alpha value is -2.28. The molecule has 1 aliphatic rings. The molecule has 28 heavy (non-hydrogen) atoms. The first-order chi connectivity index (χ1) is 13.3. The molecule has 1 aromatic carbocycles. The average molecular weight is 407 g/mol. The van der Waals surface area contributed by atoms with E-state index in [1.54, 1.807) is 24.3 Å². The van der Waals surface area contributed by atoms with Crippen LogP contribution in [-0.2, 0) is 19.4 Å². The highest BCUT2D eigenvalue weighted by molar-refractivity contribution is 7.93. The Balaban J connectivity index is 2.01. The maximum atomic E-state index is 13.6. The predicted octanol–water partition coefficient (Wildman–Crippen LogP) is 4.32. The Morgan fingerprint density at radius 2 is 1.86 bits per heavy atom. The quantitative estimate of drug-likeness (QED) is 0.607. The molecule has 0 N–H and O–H groups in total. The lowest BCUT2D eigenvalue weighted by Gasteiger charge is -2.45. The summed E-state index contributed by atoms with van der Waals surface area (Å²) in [5, 5.41) is 0. The van der Waals surface area contributed by atoms with Crippen molar-refractivity contribution in [2.45, 2.75) is 55.3 Å². The van der Waals surface area contributed by atoms with Crippen molar-refractivity contribution in [3.05, 3.63) is 48.4 Å². The van der Waals surface area contributed by atoms with Crippen molar-refractivity contribution >= 4 is 15.8 Å². The van der Waals surface area contributed by atoms with E-state index in [9.17, 15) is 13.2 Å². The maximum absolute atomic E-state index is 13.6. The second-order valence-electron chi connectivity index (χ2n) is 7.58. The van der Waals surface area contributed by atoms with E-state index in [0.29, 0.717) is 24.4 Å². The number of sulfone groups is 1. The molecule has 1 atom stereocenters. The topological polar surface area (TPSA) is 82.8 Å². The molecule has 0 radical (unpaired) electrons. The minimum absolute atomic E-state index is 0.111. The van der Waals surface area contributed by atoms with Gasteiger partial charge in [0.25, 0.3) is 0 Å². The van der Waals surface area contributed by atoms with E-state index in [2.05, 4.69) is 0 Å². The van der Waals surface area contributed by atoms with Gasteiger partial charge in [-0.25, -0.2) is 8.42 Å². The fourth-order valence-corrected chi connectivity index (χ4v) is 5.80. The number of carbonyl (C=O) groups excluding carboxylic acids is 1. The number of benzene rings is 1. The number of rotatable bonds is 8. The van der Waals surface area contributed by atoms with E-state index in [0.717, 1.165) is 6.42 Å². The van der Waals surface area contributed by atoms with E-state index in [1.807, 2.05) is 13.8 Å². The van der Waals surface area contributed by atoms with E-state index >= 15 is 0 Å². The molecule has 1 saturated carbocycles. The highest BCUT2D eigenvalue weighted by Crippen LogP contribution is 2.52. The molecular formula is C21H26O6S. The number of methoxy groups -OCH3 is 1. The molecule has 3 rings (SSSR count). The lowest BCUT2D eigenvalue weighted by molar-refractivity contribution is -0.155. The van der Waals surface area contributed by atoms with Gasteiger partial charge in [-0.1, -0.05) is 13.8 Å². The molecule has 1 fully saturated rings. The third-order valence-corrected chi connectivity index (χ3v) is 7.79. The van der Waals surface area contributed by atoms with Crippen LogP contribution in [0, 0.1) is 5.92 Å². The number of ether oxygens (including phenoxy) is 2. The summed E-state index contributed by atoms with van der Waals surface area (Å²) >= 11 is 0. The lowest BCUT2D eigenvalue weighted by atomic mass is 9.79.